The topological polar surface area (TPSA) is 83.5 Å². The van der Waals surface area contributed by atoms with Crippen LogP contribution in [0.25, 0.3) is 0 Å². The molecule has 2 rings (SSSR count). The van der Waals surface area contributed by atoms with Gasteiger partial charge in [-0.3, -0.25) is 9.59 Å². The van der Waals surface area contributed by atoms with Gasteiger partial charge in [0.2, 0.25) is 5.91 Å². The van der Waals surface area contributed by atoms with Crippen LogP contribution in [0, 0.1) is 19.8 Å². The Balaban J connectivity index is 1.86. The van der Waals surface area contributed by atoms with E-state index in [2.05, 4.69) is 5.32 Å². The van der Waals surface area contributed by atoms with Gasteiger partial charge in [0.15, 0.2) is 5.78 Å². The van der Waals surface area contributed by atoms with Crippen LogP contribution in [-0.2, 0) is 9.59 Å². The molecule has 1 aliphatic carbocycles. The van der Waals surface area contributed by atoms with Gasteiger partial charge in [-0.05, 0) is 37.8 Å². The van der Waals surface area contributed by atoms with Crippen LogP contribution in [0.5, 0.6) is 0 Å². The maximum Gasteiger partial charge on any atom is 0.326 e. The smallest absolute Gasteiger partial charge is 0.326 e. The first-order valence-electron chi connectivity index (χ1n) is 7.99. The highest BCUT2D eigenvalue weighted by Gasteiger charge is 2.30. The predicted octanol–water partition coefficient (Wildman–Crippen LogP) is 2.64. The average molecular weight is 317 g/mol. The van der Waals surface area contributed by atoms with Crippen LogP contribution in [0.15, 0.2) is 18.2 Å². The number of carbonyl (C=O) groups is 3. The molecule has 5 heteroatoms. The van der Waals surface area contributed by atoms with Crippen molar-refractivity contribution < 1.29 is 19.5 Å². The van der Waals surface area contributed by atoms with Gasteiger partial charge in [-0.25, -0.2) is 4.79 Å². The van der Waals surface area contributed by atoms with Crippen LogP contribution in [-0.4, -0.2) is 28.8 Å². The summed E-state index contributed by atoms with van der Waals surface area (Å²) in [6.07, 6.45) is 2.65. The highest BCUT2D eigenvalue weighted by Crippen LogP contribution is 2.33. The largest absolute Gasteiger partial charge is 0.480 e. The second-order valence-corrected chi connectivity index (χ2v) is 6.38. The van der Waals surface area contributed by atoms with Crippen molar-refractivity contribution in [1.29, 1.82) is 0 Å². The molecule has 2 N–H and O–H groups in total. The molecule has 5 nitrogen and oxygen atoms in total. The lowest BCUT2D eigenvalue weighted by Crippen LogP contribution is -2.41. The number of hydrogen-bond donors (Lipinski definition) is 2. The first kappa shape index (κ1) is 17.2. The molecule has 0 bridgehead atoms. The minimum Gasteiger partial charge on any atom is -0.480 e. The van der Waals surface area contributed by atoms with Gasteiger partial charge in [0, 0.05) is 18.4 Å². The van der Waals surface area contributed by atoms with Crippen LogP contribution in [0.4, 0.5) is 0 Å². The number of rotatable bonds is 8. The third-order valence-corrected chi connectivity index (χ3v) is 4.17. The van der Waals surface area contributed by atoms with Crippen molar-refractivity contribution >= 4 is 17.7 Å². The van der Waals surface area contributed by atoms with E-state index in [1.807, 2.05) is 32.0 Å². The number of ketones is 1. The summed E-state index contributed by atoms with van der Waals surface area (Å²) in [5.74, 6) is -1.06. The van der Waals surface area contributed by atoms with E-state index < -0.39 is 12.0 Å². The second-order valence-electron chi connectivity index (χ2n) is 6.38. The second kappa shape index (κ2) is 7.40. The molecule has 1 aromatic rings. The molecule has 1 saturated carbocycles. The number of benzene rings is 1. The zero-order chi connectivity index (χ0) is 17.0. The molecule has 0 aliphatic heterocycles. The maximum atomic E-state index is 12.2. The van der Waals surface area contributed by atoms with E-state index in [-0.39, 0.29) is 24.5 Å². The van der Waals surface area contributed by atoms with Gasteiger partial charge < -0.3 is 10.4 Å². The van der Waals surface area contributed by atoms with Gasteiger partial charge in [0.05, 0.1) is 0 Å². The highest BCUT2D eigenvalue weighted by molar-refractivity contribution is 5.99. The van der Waals surface area contributed by atoms with Gasteiger partial charge in [0.1, 0.15) is 6.04 Å². The average Bonchev–Trinajstić information content (AvgIpc) is 3.30. The summed E-state index contributed by atoms with van der Waals surface area (Å²) >= 11 is 0. The van der Waals surface area contributed by atoms with E-state index >= 15 is 0 Å². The zero-order valence-electron chi connectivity index (χ0n) is 13.6. The number of hydrogen-bond acceptors (Lipinski definition) is 3. The molecule has 1 atom stereocenters. The lowest BCUT2D eigenvalue weighted by molar-refractivity contribution is -0.142. The zero-order valence-corrected chi connectivity index (χ0v) is 13.6. The number of amides is 1. The van der Waals surface area contributed by atoms with Crippen LogP contribution < -0.4 is 5.32 Å². The van der Waals surface area contributed by atoms with Gasteiger partial charge in [-0.1, -0.05) is 30.5 Å². The molecule has 0 spiro atoms. The summed E-state index contributed by atoms with van der Waals surface area (Å²) < 4.78 is 0. The Morgan fingerprint density at radius 3 is 2.52 bits per heavy atom. The molecule has 0 saturated heterocycles. The number of carbonyl (C=O) groups excluding carboxylic acids is 2. The van der Waals surface area contributed by atoms with Crippen LogP contribution in [0.3, 0.4) is 0 Å². The molecule has 1 fully saturated rings. The van der Waals surface area contributed by atoms with Crippen molar-refractivity contribution in [3.63, 3.8) is 0 Å². The van der Waals surface area contributed by atoms with Crippen molar-refractivity contribution in [2.45, 2.75) is 52.0 Å². The summed E-state index contributed by atoms with van der Waals surface area (Å²) in [5.41, 5.74) is 2.52. The number of carboxylic acid groups (broad SMARTS) is 1. The maximum absolute atomic E-state index is 12.2. The molecule has 1 amide bonds. The van der Waals surface area contributed by atoms with E-state index in [9.17, 15) is 14.4 Å². The monoisotopic (exact) mass is 317 g/mol. The Labute approximate surface area is 136 Å². The lowest BCUT2D eigenvalue weighted by atomic mass is 9.99. The first-order chi connectivity index (χ1) is 10.9. The van der Waals surface area contributed by atoms with Gasteiger partial charge in [0.25, 0.3) is 0 Å². The molecule has 0 radical (unpaired) electrons. The Bertz CT molecular complexity index is 619. The van der Waals surface area contributed by atoms with E-state index in [0.717, 1.165) is 24.0 Å². The normalized spacial score (nSPS) is 15.0. The lowest BCUT2D eigenvalue weighted by Gasteiger charge is -2.14. The Kier molecular flexibility index (Phi) is 5.53. The molecule has 23 heavy (non-hydrogen) atoms. The predicted molar refractivity (Wildman–Crippen MR) is 86.4 cm³/mol. The molecule has 1 aromatic carbocycles. The fourth-order valence-electron chi connectivity index (χ4n) is 2.57. The molecular weight excluding hydrogens is 294 g/mol. The summed E-state index contributed by atoms with van der Waals surface area (Å²) in [4.78, 5) is 35.3. The van der Waals surface area contributed by atoms with E-state index in [0.29, 0.717) is 17.9 Å². The van der Waals surface area contributed by atoms with Gasteiger partial charge >= 0.3 is 5.97 Å². The molecule has 124 valence electrons. The summed E-state index contributed by atoms with van der Waals surface area (Å²) in [7, 11) is 0. The molecular formula is C18H23NO4. The quantitative estimate of drug-likeness (QED) is 0.722. The summed E-state index contributed by atoms with van der Waals surface area (Å²) in [6, 6.07) is 4.81. The molecule has 1 aliphatic rings. The van der Waals surface area contributed by atoms with Gasteiger partial charge in [-0.15, -0.1) is 0 Å². The minimum absolute atomic E-state index is 0.0145. The molecule has 0 heterocycles. The Morgan fingerprint density at radius 2 is 1.91 bits per heavy atom. The number of aliphatic carboxylic acids is 1. The minimum atomic E-state index is -1.01. The number of Topliss-reactive ketones (excluding diaryl/α,β-unsaturated/α-hetero) is 1. The highest BCUT2D eigenvalue weighted by atomic mass is 16.4. The van der Waals surface area contributed by atoms with Crippen molar-refractivity contribution in [3.05, 3.63) is 34.9 Å². The fourth-order valence-corrected chi connectivity index (χ4v) is 2.57. The first-order valence-corrected chi connectivity index (χ1v) is 7.99. The van der Waals surface area contributed by atoms with Crippen molar-refractivity contribution in [2.75, 3.05) is 0 Å². The third kappa shape index (κ3) is 5.20. The van der Waals surface area contributed by atoms with E-state index in [4.69, 9.17) is 5.11 Å². The van der Waals surface area contributed by atoms with E-state index in [1.165, 1.54) is 0 Å². The SMILES string of the molecule is Cc1ccc(C)c(C(=O)CCC(=O)NC(CC2CC2)C(=O)O)c1. The van der Waals surface area contributed by atoms with Crippen molar-refractivity contribution in [1.82, 2.24) is 5.32 Å². The summed E-state index contributed by atoms with van der Waals surface area (Å²) in [6.45, 7) is 3.78. The Hall–Kier alpha value is -2.17. The van der Waals surface area contributed by atoms with Crippen LogP contribution >= 0.6 is 0 Å². The molecule has 0 aromatic heterocycles. The Morgan fingerprint density at radius 1 is 1.22 bits per heavy atom. The number of carboxylic acids is 1. The van der Waals surface area contributed by atoms with Crippen LogP contribution in [0.2, 0.25) is 0 Å². The standard InChI is InChI=1S/C18H23NO4/c1-11-3-4-12(2)14(9-11)16(20)7-8-17(21)19-15(18(22)23)10-13-5-6-13/h3-4,9,13,15H,5-8,10H2,1-2H3,(H,19,21)(H,22,23). The van der Waals surface area contributed by atoms with Gasteiger partial charge in [-0.2, -0.15) is 0 Å². The van der Waals surface area contributed by atoms with Crippen molar-refractivity contribution in [3.8, 4) is 0 Å². The number of nitrogens with one attached hydrogen (secondary N) is 1. The van der Waals surface area contributed by atoms with Crippen molar-refractivity contribution in [2.24, 2.45) is 5.92 Å². The number of aryl methyl sites for hydroxylation is 2. The fraction of sp³-hybridized carbons (Fsp3) is 0.500. The summed E-state index contributed by atoms with van der Waals surface area (Å²) in [5, 5.41) is 11.7. The van der Waals surface area contributed by atoms with E-state index in [1.54, 1.807) is 0 Å². The third-order valence-electron chi connectivity index (χ3n) is 4.17. The van der Waals surface area contributed by atoms with Crippen LogP contribution in [0.1, 0.15) is 53.6 Å². The molecule has 1 unspecified atom stereocenters.